The molecule has 2 aromatic carbocycles. The topological polar surface area (TPSA) is 60.8 Å². The van der Waals surface area contributed by atoms with Gasteiger partial charge in [0.15, 0.2) is 23.0 Å². The van der Waals surface area contributed by atoms with Crippen molar-refractivity contribution < 1.29 is 19.3 Å². The molecule has 3 rings (SSSR count). The molecule has 1 N–H and O–H groups in total. The number of rotatable bonds is 5. The molecule has 5 nitrogen and oxygen atoms in total. The fraction of sp³-hybridized carbons (Fsp3) is 0.211. The normalized spacial score (nSPS) is 10.6. The van der Waals surface area contributed by atoms with E-state index in [1.165, 1.54) is 7.11 Å². The van der Waals surface area contributed by atoms with E-state index >= 15 is 0 Å². The van der Waals surface area contributed by atoms with E-state index in [0.29, 0.717) is 23.7 Å². The van der Waals surface area contributed by atoms with Crippen LogP contribution < -0.4 is 14.2 Å². The summed E-state index contributed by atoms with van der Waals surface area (Å²) in [5, 5.41) is 11.8. The predicted molar refractivity (Wildman–Crippen MR) is 92.3 cm³/mol. The highest BCUT2D eigenvalue weighted by molar-refractivity contribution is 5.88. The van der Waals surface area contributed by atoms with E-state index in [-0.39, 0.29) is 5.75 Å². The highest BCUT2D eigenvalue weighted by Gasteiger charge is 2.11. The molecule has 0 fully saturated rings. The first kappa shape index (κ1) is 15.9. The number of benzene rings is 2. The Labute approximate surface area is 140 Å². The van der Waals surface area contributed by atoms with Gasteiger partial charge in [-0.15, -0.1) is 0 Å². The van der Waals surface area contributed by atoms with Gasteiger partial charge in [0.2, 0.25) is 0 Å². The number of phenols is 1. The molecular weight excluding hydrogens is 306 g/mol. The van der Waals surface area contributed by atoms with Crippen LogP contribution in [-0.4, -0.2) is 31.4 Å². The van der Waals surface area contributed by atoms with Crippen LogP contribution in [0.3, 0.4) is 0 Å². The van der Waals surface area contributed by atoms with Gasteiger partial charge in [0.05, 0.1) is 27.0 Å². The van der Waals surface area contributed by atoms with E-state index in [1.807, 2.05) is 30.3 Å². The van der Waals surface area contributed by atoms with Crippen LogP contribution in [0.1, 0.15) is 11.3 Å². The lowest BCUT2D eigenvalue weighted by atomic mass is 10.0. The van der Waals surface area contributed by atoms with Gasteiger partial charge >= 0.3 is 0 Å². The minimum Gasteiger partial charge on any atom is -0.504 e. The standard InChI is InChI=1S/C19H19NO4/c1-22-17-9-12(4-5-16(17)21)8-15-14-11-19(24-3)18(23-2)10-13(14)6-7-20-15/h4-7,9-11,21H,8H2,1-3H3. The summed E-state index contributed by atoms with van der Waals surface area (Å²) < 4.78 is 15.9. The van der Waals surface area contributed by atoms with Crippen molar-refractivity contribution in [2.45, 2.75) is 6.42 Å². The quantitative estimate of drug-likeness (QED) is 0.777. The highest BCUT2D eigenvalue weighted by Crippen LogP contribution is 2.34. The van der Waals surface area contributed by atoms with Gasteiger partial charge in [0.1, 0.15) is 0 Å². The van der Waals surface area contributed by atoms with Gasteiger partial charge in [-0.1, -0.05) is 6.07 Å². The molecule has 0 aliphatic heterocycles. The molecule has 24 heavy (non-hydrogen) atoms. The van der Waals surface area contributed by atoms with Gasteiger partial charge in [-0.25, -0.2) is 0 Å². The molecule has 0 aliphatic rings. The van der Waals surface area contributed by atoms with E-state index in [0.717, 1.165) is 22.0 Å². The zero-order valence-electron chi connectivity index (χ0n) is 13.9. The molecule has 124 valence electrons. The number of fused-ring (bicyclic) bond motifs is 1. The zero-order valence-corrected chi connectivity index (χ0v) is 13.9. The molecule has 0 aliphatic carbocycles. The Hall–Kier alpha value is -2.95. The molecule has 0 spiro atoms. The Morgan fingerprint density at radius 2 is 1.58 bits per heavy atom. The molecule has 0 radical (unpaired) electrons. The summed E-state index contributed by atoms with van der Waals surface area (Å²) in [6, 6.07) is 11.1. The maximum atomic E-state index is 9.73. The summed E-state index contributed by atoms with van der Waals surface area (Å²) >= 11 is 0. The molecule has 5 heteroatoms. The lowest BCUT2D eigenvalue weighted by molar-refractivity contribution is 0.356. The summed E-state index contributed by atoms with van der Waals surface area (Å²) in [5.74, 6) is 1.93. The van der Waals surface area contributed by atoms with Crippen molar-refractivity contribution in [3.8, 4) is 23.0 Å². The maximum absolute atomic E-state index is 9.73. The Morgan fingerprint density at radius 1 is 0.875 bits per heavy atom. The Kier molecular flexibility index (Phi) is 4.42. The minimum absolute atomic E-state index is 0.124. The summed E-state index contributed by atoms with van der Waals surface area (Å²) in [7, 11) is 4.77. The third-order valence-electron chi connectivity index (χ3n) is 3.97. The number of aromatic nitrogens is 1. The first-order valence-electron chi connectivity index (χ1n) is 7.51. The van der Waals surface area contributed by atoms with Crippen LogP contribution in [0, 0.1) is 0 Å². The lowest BCUT2D eigenvalue weighted by Crippen LogP contribution is -1.97. The van der Waals surface area contributed by atoms with Crippen molar-refractivity contribution in [2.75, 3.05) is 21.3 Å². The molecule has 0 amide bonds. The summed E-state index contributed by atoms with van der Waals surface area (Å²) in [4.78, 5) is 4.51. The molecule has 0 saturated heterocycles. The van der Waals surface area contributed by atoms with Gasteiger partial charge in [0, 0.05) is 18.0 Å². The van der Waals surface area contributed by atoms with Crippen molar-refractivity contribution in [1.29, 1.82) is 0 Å². The average Bonchev–Trinajstić information content (AvgIpc) is 2.62. The molecule has 0 saturated carbocycles. The minimum atomic E-state index is 0.124. The fourth-order valence-corrected chi connectivity index (χ4v) is 2.73. The van der Waals surface area contributed by atoms with Crippen molar-refractivity contribution in [3.63, 3.8) is 0 Å². The molecule has 0 unspecified atom stereocenters. The fourth-order valence-electron chi connectivity index (χ4n) is 2.73. The number of aromatic hydroxyl groups is 1. The van der Waals surface area contributed by atoms with E-state index in [2.05, 4.69) is 4.98 Å². The van der Waals surface area contributed by atoms with Crippen molar-refractivity contribution in [3.05, 3.63) is 53.9 Å². The van der Waals surface area contributed by atoms with Gasteiger partial charge in [-0.2, -0.15) is 0 Å². The summed E-state index contributed by atoms with van der Waals surface area (Å²) in [6.45, 7) is 0. The molecular formula is C19H19NO4. The SMILES string of the molecule is COc1cc(Cc2nccc3cc(OC)c(OC)cc23)ccc1O. The largest absolute Gasteiger partial charge is 0.504 e. The Balaban J connectivity index is 2.06. The van der Waals surface area contributed by atoms with Gasteiger partial charge in [-0.3, -0.25) is 4.98 Å². The number of hydrogen-bond donors (Lipinski definition) is 1. The van der Waals surface area contributed by atoms with Crippen LogP contribution >= 0.6 is 0 Å². The third kappa shape index (κ3) is 2.93. The second kappa shape index (κ2) is 6.66. The van der Waals surface area contributed by atoms with Crippen LogP contribution in [0.2, 0.25) is 0 Å². The average molecular weight is 325 g/mol. The molecule has 1 aromatic heterocycles. The first-order chi connectivity index (χ1) is 11.7. The number of phenolic OH excluding ortho intramolecular Hbond substituents is 1. The Bertz CT molecular complexity index is 877. The number of hydrogen-bond acceptors (Lipinski definition) is 5. The predicted octanol–water partition coefficient (Wildman–Crippen LogP) is 3.56. The maximum Gasteiger partial charge on any atom is 0.161 e. The van der Waals surface area contributed by atoms with Crippen LogP contribution in [-0.2, 0) is 6.42 Å². The lowest BCUT2D eigenvalue weighted by Gasteiger charge is -2.12. The van der Waals surface area contributed by atoms with Crippen LogP contribution in [0.4, 0.5) is 0 Å². The van der Waals surface area contributed by atoms with Crippen molar-refractivity contribution in [1.82, 2.24) is 4.98 Å². The van der Waals surface area contributed by atoms with E-state index < -0.39 is 0 Å². The third-order valence-corrected chi connectivity index (χ3v) is 3.97. The van der Waals surface area contributed by atoms with Crippen LogP contribution in [0.5, 0.6) is 23.0 Å². The van der Waals surface area contributed by atoms with Gasteiger partial charge in [-0.05, 0) is 41.3 Å². The monoisotopic (exact) mass is 325 g/mol. The molecule has 0 atom stereocenters. The number of ether oxygens (including phenoxy) is 3. The zero-order chi connectivity index (χ0) is 17.1. The second-order valence-electron chi connectivity index (χ2n) is 5.37. The smallest absolute Gasteiger partial charge is 0.161 e. The van der Waals surface area contributed by atoms with Crippen LogP contribution in [0.15, 0.2) is 42.6 Å². The number of methoxy groups -OCH3 is 3. The molecule has 0 bridgehead atoms. The van der Waals surface area contributed by atoms with Crippen molar-refractivity contribution >= 4 is 10.8 Å². The number of pyridine rings is 1. The van der Waals surface area contributed by atoms with Gasteiger partial charge < -0.3 is 19.3 Å². The second-order valence-corrected chi connectivity index (χ2v) is 5.37. The van der Waals surface area contributed by atoms with E-state index in [4.69, 9.17) is 14.2 Å². The highest BCUT2D eigenvalue weighted by atomic mass is 16.5. The van der Waals surface area contributed by atoms with Crippen LogP contribution in [0.25, 0.3) is 10.8 Å². The molecule has 1 heterocycles. The first-order valence-corrected chi connectivity index (χ1v) is 7.51. The summed E-state index contributed by atoms with van der Waals surface area (Å²) in [5.41, 5.74) is 1.92. The summed E-state index contributed by atoms with van der Waals surface area (Å²) in [6.07, 6.45) is 2.39. The van der Waals surface area contributed by atoms with Crippen molar-refractivity contribution in [2.24, 2.45) is 0 Å². The van der Waals surface area contributed by atoms with E-state index in [9.17, 15) is 5.11 Å². The van der Waals surface area contributed by atoms with E-state index in [1.54, 1.807) is 26.5 Å². The number of nitrogens with zero attached hydrogens (tertiary/aromatic N) is 1. The van der Waals surface area contributed by atoms with Gasteiger partial charge in [0.25, 0.3) is 0 Å². The molecule has 3 aromatic rings. The Morgan fingerprint density at radius 3 is 2.29 bits per heavy atom.